The van der Waals surface area contributed by atoms with Gasteiger partial charge in [-0.25, -0.2) is 29.3 Å². The van der Waals surface area contributed by atoms with E-state index in [-0.39, 0.29) is 47.2 Å². The summed E-state index contributed by atoms with van der Waals surface area (Å²) in [5, 5.41) is 0. The molecule has 47 heavy (non-hydrogen) atoms. The van der Waals surface area contributed by atoms with E-state index in [1.54, 1.807) is 12.5 Å². The third-order valence-electron chi connectivity index (χ3n) is 8.60. The van der Waals surface area contributed by atoms with Gasteiger partial charge < -0.3 is 38.4 Å². The Morgan fingerprint density at radius 3 is 2.62 bits per heavy atom. The van der Waals surface area contributed by atoms with Crippen molar-refractivity contribution >= 4 is 71.0 Å². The Balaban J connectivity index is 1.08. The second kappa shape index (κ2) is 12.3. The van der Waals surface area contributed by atoms with Crippen LogP contribution < -0.4 is 11.3 Å². The summed E-state index contributed by atoms with van der Waals surface area (Å²) in [4.78, 5) is 57.3. The van der Waals surface area contributed by atoms with E-state index in [0.29, 0.717) is 17.6 Å². The zero-order valence-electron chi connectivity index (χ0n) is 24.6. The highest BCUT2D eigenvalue weighted by Gasteiger charge is 2.51. The Morgan fingerprint density at radius 1 is 1.11 bits per heavy atom. The van der Waals surface area contributed by atoms with E-state index < -0.39 is 50.2 Å². The molecule has 7 rings (SSSR count). The van der Waals surface area contributed by atoms with Gasteiger partial charge in [0, 0.05) is 25.5 Å². The minimum Gasteiger partial charge on any atom is -0.382 e. The highest BCUT2D eigenvalue weighted by Crippen LogP contribution is 2.53. The summed E-state index contributed by atoms with van der Waals surface area (Å²) in [6.07, 6.45) is 1.80. The normalized spacial score (nSPS) is 28.9. The van der Waals surface area contributed by atoms with Crippen LogP contribution in [0.3, 0.4) is 0 Å². The molecule has 23 heteroatoms. The quantitative estimate of drug-likeness (QED) is 0.142. The first-order valence-electron chi connectivity index (χ1n) is 14.2. The highest BCUT2D eigenvalue weighted by molar-refractivity contribution is 8.07. The number of rotatable bonds is 11. The molecule has 2 unspecified atom stereocenters. The molecule has 1 aliphatic heterocycles. The molecule has 0 spiro atoms. The Hall–Kier alpha value is -2.81. The van der Waals surface area contributed by atoms with Crippen LogP contribution in [0, 0.1) is 11.8 Å². The van der Waals surface area contributed by atoms with Gasteiger partial charge in [0.15, 0.2) is 35.0 Å². The van der Waals surface area contributed by atoms with Crippen molar-refractivity contribution in [3.05, 3.63) is 41.7 Å². The number of aromatic nitrogens is 9. The number of hydrogen-bond donors (Lipinski definition) is 4. The Kier molecular flexibility index (Phi) is 8.54. The molecule has 9 atom stereocenters. The lowest BCUT2D eigenvalue weighted by atomic mass is 9.70. The van der Waals surface area contributed by atoms with Gasteiger partial charge in [-0.2, -0.15) is 0 Å². The molecule has 0 bridgehead atoms. The van der Waals surface area contributed by atoms with Gasteiger partial charge in [0.25, 0.3) is 5.56 Å². The number of fused-ring (bicyclic) bond motifs is 4. The van der Waals surface area contributed by atoms with Gasteiger partial charge in [-0.1, -0.05) is 6.92 Å². The molecule has 252 valence electrons. The molecule has 1 saturated carbocycles. The number of nitrogen functional groups attached to an aromatic ring is 1. The van der Waals surface area contributed by atoms with Gasteiger partial charge in [-0.05, 0) is 41.9 Å². The maximum Gasteiger partial charge on any atom is 0.324 e. The molecule has 0 amide bonds. The summed E-state index contributed by atoms with van der Waals surface area (Å²) >= 11 is 10.2. The number of nitrogens with zero attached hydrogens (tertiary/aromatic N) is 8. The molecule has 2 fully saturated rings. The van der Waals surface area contributed by atoms with Crippen molar-refractivity contribution in [3.63, 3.8) is 0 Å². The molecule has 18 nitrogen and oxygen atoms in total. The monoisotopic (exact) mass is 730 g/mol. The van der Waals surface area contributed by atoms with Crippen LogP contribution in [-0.2, 0) is 46.4 Å². The summed E-state index contributed by atoms with van der Waals surface area (Å²) in [5.41, 5.74) is 6.73. The zero-order chi connectivity index (χ0) is 33.2. The lowest BCUT2D eigenvalue weighted by Crippen LogP contribution is -2.39. The maximum atomic E-state index is 16.4. The second-order valence-electron chi connectivity index (χ2n) is 11.2. The van der Waals surface area contributed by atoms with Crippen LogP contribution in [0.15, 0.2) is 36.2 Å². The van der Waals surface area contributed by atoms with E-state index in [1.807, 2.05) is 11.5 Å². The summed E-state index contributed by atoms with van der Waals surface area (Å²) in [6, 6.07) is 0.0431. The fraction of sp³-hybridized carbons (Fsp3) is 0.500. The van der Waals surface area contributed by atoms with Crippen molar-refractivity contribution in [2.75, 3.05) is 26.1 Å². The molecular formula is C24H29FN10O8P2S2. The molecule has 0 aromatic carbocycles. The van der Waals surface area contributed by atoms with Gasteiger partial charge >= 0.3 is 13.4 Å². The summed E-state index contributed by atoms with van der Waals surface area (Å²) < 4.78 is 48.7. The van der Waals surface area contributed by atoms with E-state index in [2.05, 4.69) is 29.9 Å². The van der Waals surface area contributed by atoms with Gasteiger partial charge in [0.05, 0.1) is 25.9 Å². The SMILES string of the molecule is COP(O)(=S)OC[C@H]1O[C@@H](n2cnc3c(=O)[nH]c4nccn4c32)[C@H](F)[C@@H]1OP(O)(=S)OC[C@H]1C[C@@H](n2cnc3c(N)ncnc32)[C@@H]1C. The van der Waals surface area contributed by atoms with Crippen LogP contribution in [0.1, 0.15) is 25.6 Å². The standard InChI is InChI=1S/C24H29FN10O8P2S2/c1-11-12(5-13(11)34-9-30-16-19(26)28-8-29-20(16)34)6-40-45(38,47)43-18-14(7-41-44(37,46)39-2)42-23(15(18)25)35-10-31-17-21(36)32-24-27-3-4-33(24)22(17)35/h3-4,8-15,18,23H,5-7H2,1-2H3,(H,37,46)(H,38,47)(H2,26,28,29)(H,27,32,36)/t11-,12-,13-,14-,15-,18-,23-,44?,45?/m1/s1. The first kappa shape index (κ1) is 32.7. The van der Waals surface area contributed by atoms with Crippen molar-refractivity contribution in [1.82, 2.24) is 43.4 Å². The average Bonchev–Trinajstić information content (AvgIpc) is 3.82. The van der Waals surface area contributed by atoms with Crippen molar-refractivity contribution < 1.29 is 37.0 Å². The minimum atomic E-state index is -4.07. The van der Waals surface area contributed by atoms with Gasteiger partial charge in [0.1, 0.15) is 24.1 Å². The molecule has 2 aliphatic rings. The number of hydrogen-bond acceptors (Lipinski definition) is 14. The predicted octanol–water partition coefficient (Wildman–Crippen LogP) is 1.73. The number of halogens is 1. The number of nitrogens with two attached hydrogens (primary N) is 1. The van der Waals surface area contributed by atoms with Crippen LogP contribution in [0.25, 0.3) is 28.1 Å². The van der Waals surface area contributed by atoms with Gasteiger partial charge in [0.2, 0.25) is 5.78 Å². The van der Waals surface area contributed by atoms with Gasteiger partial charge in [-0.3, -0.25) is 23.3 Å². The number of aromatic amines is 1. The number of H-pyrrole nitrogens is 1. The number of nitrogens with one attached hydrogen (secondary N) is 1. The van der Waals surface area contributed by atoms with Crippen LogP contribution >= 0.6 is 13.4 Å². The average molecular weight is 731 g/mol. The first-order chi connectivity index (χ1) is 22.4. The molecule has 1 aliphatic carbocycles. The Morgan fingerprint density at radius 2 is 1.85 bits per heavy atom. The molecular weight excluding hydrogens is 701 g/mol. The molecule has 5 aromatic rings. The topological polar surface area (TPSA) is 224 Å². The van der Waals surface area contributed by atoms with Crippen molar-refractivity contribution in [1.29, 1.82) is 0 Å². The third kappa shape index (κ3) is 5.93. The van der Waals surface area contributed by atoms with E-state index in [0.717, 1.165) is 0 Å². The Labute approximate surface area is 274 Å². The van der Waals surface area contributed by atoms with E-state index in [4.69, 9.17) is 52.2 Å². The summed E-state index contributed by atoms with van der Waals surface area (Å²) in [7, 11) is 1.17. The van der Waals surface area contributed by atoms with Crippen molar-refractivity contribution in [3.8, 4) is 0 Å². The molecule has 1 saturated heterocycles. The smallest absolute Gasteiger partial charge is 0.324 e. The maximum absolute atomic E-state index is 16.4. The van der Waals surface area contributed by atoms with Crippen molar-refractivity contribution in [2.45, 2.75) is 44.0 Å². The molecule has 0 radical (unpaired) electrons. The van der Waals surface area contributed by atoms with E-state index in [1.165, 1.54) is 34.9 Å². The van der Waals surface area contributed by atoms with E-state index >= 15 is 4.39 Å². The summed E-state index contributed by atoms with van der Waals surface area (Å²) in [5.74, 6) is 0.556. The second-order valence-corrected chi connectivity index (χ2v) is 16.9. The fourth-order valence-electron chi connectivity index (χ4n) is 6.00. The highest BCUT2D eigenvalue weighted by atomic mass is 32.5. The lowest BCUT2D eigenvalue weighted by Gasteiger charge is -2.43. The van der Waals surface area contributed by atoms with Crippen LogP contribution in [-0.4, -0.2) is 91.9 Å². The van der Waals surface area contributed by atoms with E-state index in [9.17, 15) is 14.6 Å². The van der Waals surface area contributed by atoms with Crippen LogP contribution in [0.4, 0.5) is 10.2 Å². The van der Waals surface area contributed by atoms with Gasteiger partial charge in [-0.15, -0.1) is 0 Å². The van der Waals surface area contributed by atoms with Crippen LogP contribution in [0.2, 0.25) is 0 Å². The first-order valence-corrected chi connectivity index (χ1v) is 19.4. The number of alkyl halides is 1. The third-order valence-corrected chi connectivity index (χ3v) is 11.9. The zero-order valence-corrected chi connectivity index (χ0v) is 28.1. The molecule has 5 aromatic heterocycles. The lowest BCUT2D eigenvalue weighted by molar-refractivity contribution is -0.0430. The summed E-state index contributed by atoms with van der Waals surface area (Å²) in [6.45, 7) is -6.16. The number of imidazole rings is 3. The molecule has 6 heterocycles. The Bertz CT molecular complexity index is 2130. The van der Waals surface area contributed by atoms with Crippen LogP contribution in [0.5, 0.6) is 0 Å². The number of ether oxygens (including phenoxy) is 1. The van der Waals surface area contributed by atoms with Crippen molar-refractivity contribution in [2.24, 2.45) is 11.8 Å². The fourth-order valence-corrected chi connectivity index (χ4v) is 8.10. The molecule has 5 N–H and O–H groups in total. The predicted molar refractivity (Wildman–Crippen MR) is 171 cm³/mol. The minimum absolute atomic E-state index is 0.0110. The largest absolute Gasteiger partial charge is 0.382 e. The number of anilines is 1.